The third-order valence-corrected chi connectivity index (χ3v) is 3.76. The van der Waals surface area contributed by atoms with Gasteiger partial charge >= 0.3 is 0 Å². The number of piperidine rings is 1. The Bertz CT molecular complexity index is 212. The van der Waals surface area contributed by atoms with Gasteiger partial charge in [-0.05, 0) is 25.2 Å². The molecule has 2 atom stereocenters. The molecule has 0 aliphatic carbocycles. The highest BCUT2D eigenvalue weighted by molar-refractivity contribution is 4.82. The zero-order valence-corrected chi connectivity index (χ0v) is 12.2. The second-order valence-corrected chi connectivity index (χ2v) is 5.60. The number of hydrogen-bond donors (Lipinski definition) is 1. The van der Waals surface area contributed by atoms with Crippen molar-refractivity contribution in [3.05, 3.63) is 0 Å². The van der Waals surface area contributed by atoms with E-state index in [1.807, 2.05) is 0 Å². The molecule has 2 unspecified atom stereocenters. The summed E-state index contributed by atoms with van der Waals surface area (Å²) in [6.45, 7) is 8.93. The zero-order valence-electron chi connectivity index (χ0n) is 12.2. The first-order chi connectivity index (χ1) is 8.67. The minimum atomic E-state index is 0.386. The molecule has 4 nitrogen and oxygen atoms in total. The van der Waals surface area contributed by atoms with Crippen LogP contribution in [0.4, 0.5) is 0 Å². The minimum absolute atomic E-state index is 0.386. The Labute approximate surface area is 112 Å². The van der Waals surface area contributed by atoms with Gasteiger partial charge in [-0.25, -0.2) is 0 Å². The normalized spacial score (nSPS) is 25.8. The van der Waals surface area contributed by atoms with Crippen molar-refractivity contribution < 1.29 is 9.47 Å². The predicted octanol–water partition coefficient (Wildman–Crippen LogP) is 1.49. The van der Waals surface area contributed by atoms with Crippen LogP contribution in [0.25, 0.3) is 0 Å². The number of methoxy groups -OCH3 is 1. The van der Waals surface area contributed by atoms with Crippen LogP contribution < -0.4 is 5.73 Å². The Morgan fingerprint density at radius 2 is 2.11 bits per heavy atom. The molecule has 18 heavy (non-hydrogen) atoms. The molecular formula is C14H30N2O2. The molecule has 2 N–H and O–H groups in total. The van der Waals surface area contributed by atoms with E-state index in [9.17, 15) is 0 Å². The number of nitrogens with zero attached hydrogens (tertiary/aromatic N) is 1. The van der Waals surface area contributed by atoms with E-state index in [-0.39, 0.29) is 0 Å². The topological polar surface area (TPSA) is 47.7 Å². The highest BCUT2D eigenvalue weighted by Crippen LogP contribution is 2.18. The van der Waals surface area contributed by atoms with Gasteiger partial charge in [-0.15, -0.1) is 0 Å². The molecule has 0 spiro atoms. The van der Waals surface area contributed by atoms with Gasteiger partial charge in [-0.3, -0.25) is 4.90 Å². The molecule has 0 aromatic heterocycles. The van der Waals surface area contributed by atoms with Crippen LogP contribution >= 0.6 is 0 Å². The first-order valence-corrected chi connectivity index (χ1v) is 7.22. The van der Waals surface area contributed by atoms with Crippen LogP contribution in [0.15, 0.2) is 0 Å². The Kier molecular flexibility index (Phi) is 7.82. The molecule has 1 fully saturated rings. The monoisotopic (exact) mass is 258 g/mol. The molecule has 0 bridgehead atoms. The maximum atomic E-state index is 5.84. The van der Waals surface area contributed by atoms with E-state index in [0.29, 0.717) is 18.7 Å². The largest absolute Gasteiger partial charge is 0.381 e. The minimum Gasteiger partial charge on any atom is -0.381 e. The smallest absolute Gasteiger partial charge is 0.0599 e. The molecule has 1 saturated heterocycles. The van der Waals surface area contributed by atoms with Gasteiger partial charge in [-0.2, -0.15) is 0 Å². The number of rotatable bonds is 8. The molecule has 1 rings (SSSR count). The molecule has 1 aliphatic heterocycles. The Morgan fingerprint density at radius 3 is 2.72 bits per heavy atom. The lowest BCUT2D eigenvalue weighted by Gasteiger charge is -2.38. The van der Waals surface area contributed by atoms with Gasteiger partial charge in [-0.1, -0.05) is 13.8 Å². The van der Waals surface area contributed by atoms with Gasteiger partial charge in [0.05, 0.1) is 12.7 Å². The summed E-state index contributed by atoms with van der Waals surface area (Å²) >= 11 is 0. The fraction of sp³-hybridized carbons (Fsp3) is 1.00. The molecule has 0 amide bonds. The van der Waals surface area contributed by atoms with Crippen LogP contribution in [0, 0.1) is 5.92 Å². The van der Waals surface area contributed by atoms with Crippen molar-refractivity contribution in [3.8, 4) is 0 Å². The van der Waals surface area contributed by atoms with Crippen molar-refractivity contribution in [2.24, 2.45) is 11.7 Å². The van der Waals surface area contributed by atoms with Gasteiger partial charge in [0.1, 0.15) is 0 Å². The van der Waals surface area contributed by atoms with Gasteiger partial charge in [0.25, 0.3) is 0 Å². The maximum Gasteiger partial charge on any atom is 0.0599 e. The maximum absolute atomic E-state index is 5.84. The van der Waals surface area contributed by atoms with Crippen LogP contribution in [0.3, 0.4) is 0 Å². The summed E-state index contributed by atoms with van der Waals surface area (Å²) in [4.78, 5) is 2.45. The molecule has 0 aromatic carbocycles. The van der Waals surface area contributed by atoms with Gasteiger partial charge in [0, 0.05) is 39.4 Å². The summed E-state index contributed by atoms with van der Waals surface area (Å²) in [6, 6.07) is 0.456. The van der Waals surface area contributed by atoms with Crippen LogP contribution in [-0.4, -0.2) is 57.0 Å². The molecule has 108 valence electrons. The predicted molar refractivity (Wildman–Crippen MR) is 74.7 cm³/mol. The first-order valence-electron chi connectivity index (χ1n) is 7.22. The lowest BCUT2D eigenvalue weighted by molar-refractivity contribution is 0.000505. The standard InChI is InChI=1S/C14H30N2O2/c1-12(2)5-8-18-9-7-16-6-4-14(17-3)10-13(16)11-15/h12-14H,4-11,15H2,1-3H3. The van der Waals surface area contributed by atoms with Gasteiger partial charge in [0.2, 0.25) is 0 Å². The Morgan fingerprint density at radius 1 is 1.33 bits per heavy atom. The fourth-order valence-electron chi connectivity index (χ4n) is 2.42. The summed E-state index contributed by atoms with van der Waals surface area (Å²) in [5, 5.41) is 0. The molecule has 1 heterocycles. The number of nitrogens with two attached hydrogens (primary N) is 1. The van der Waals surface area contributed by atoms with Crippen molar-refractivity contribution in [2.45, 2.75) is 45.3 Å². The van der Waals surface area contributed by atoms with E-state index in [1.165, 1.54) is 0 Å². The van der Waals surface area contributed by atoms with Crippen molar-refractivity contribution in [3.63, 3.8) is 0 Å². The van der Waals surface area contributed by atoms with E-state index in [0.717, 1.165) is 51.5 Å². The lowest BCUT2D eigenvalue weighted by atomic mass is 9.99. The summed E-state index contributed by atoms with van der Waals surface area (Å²) in [7, 11) is 1.79. The third kappa shape index (κ3) is 5.65. The molecule has 4 heteroatoms. The average molecular weight is 258 g/mol. The summed E-state index contributed by atoms with van der Waals surface area (Å²) in [5.41, 5.74) is 5.84. The van der Waals surface area contributed by atoms with E-state index >= 15 is 0 Å². The average Bonchev–Trinajstić information content (AvgIpc) is 2.38. The molecular weight excluding hydrogens is 228 g/mol. The van der Waals surface area contributed by atoms with Crippen molar-refractivity contribution in [2.75, 3.05) is 40.0 Å². The Balaban J connectivity index is 2.16. The van der Waals surface area contributed by atoms with Crippen molar-refractivity contribution >= 4 is 0 Å². The Hall–Kier alpha value is -0.160. The van der Waals surface area contributed by atoms with Crippen LogP contribution in [-0.2, 0) is 9.47 Å². The number of ether oxygens (including phenoxy) is 2. The molecule has 0 aromatic rings. The van der Waals surface area contributed by atoms with Gasteiger partial charge in [0.15, 0.2) is 0 Å². The SMILES string of the molecule is COC1CCN(CCOCCC(C)C)C(CN)C1. The molecule has 0 saturated carbocycles. The number of hydrogen-bond acceptors (Lipinski definition) is 4. The molecule has 0 radical (unpaired) electrons. The fourth-order valence-corrected chi connectivity index (χ4v) is 2.42. The highest BCUT2D eigenvalue weighted by atomic mass is 16.5. The zero-order chi connectivity index (χ0) is 13.4. The van der Waals surface area contributed by atoms with Crippen molar-refractivity contribution in [1.29, 1.82) is 0 Å². The van der Waals surface area contributed by atoms with E-state index in [2.05, 4.69) is 18.7 Å². The van der Waals surface area contributed by atoms with E-state index in [1.54, 1.807) is 7.11 Å². The second-order valence-electron chi connectivity index (χ2n) is 5.60. The van der Waals surface area contributed by atoms with E-state index in [4.69, 9.17) is 15.2 Å². The third-order valence-electron chi connectivity index (χ3n) is 3.76. The summed E-state index contributed by atoms with van der Waals surface area (Å²) < 4.78 is 11.1. The highest BCUT2D eigenvalue weighted by Gasteiger charge is 2.26. The first kappa shape index (κ1) is 15.9. The van der Waals surface area contributed by atoms with Crippen LogP contribution in [0.1, 0.15) is 33.1 Å². The summed E-state index contributed by atoms with van der Waals surface area (Å²) in [6.07, 6.45) is 3.70. The lowest BCUT2D eigenvalue weighted by Crippen LogP contribution is -2.49. The quantitative estimate of drug-likeness (QED) is 0.670. The summed E-state index contributed by atoms with van der Waals surface area (Å²) in [5.74, 6) is 0.722. The van der Waals surface area contributed by atoms with E-state index < -0.39 is 0 Å². The van der Waals surface area contributed by atoms with Crippen LogP contribution in [0.2, 0.25) is 0 Å². The number of likely N-dealkylation sites (tertiary alicyclic amines) is 1. The van der Waals surface area contributed by atoms with Crippen molar-refractivity contribution in [1.82, 2.24) is 4.90 Å². The van der Waals surface area contributed by atoms with Gasteiger partial charge < -0.3 is 15.2 Å². The second kappa shape index (κ2) is 8.86. The molecule has 1 aliphatic rings. The van der Waals surface area contributed by atoms with Crippen LogP contribution in [0.5, 0.6) is 0 Å².